The second-order valence-corrected chi connectivity index (χ2v) is 12.4. The SMILES string of the molecule is O=C1OC(S(=O)(=O)[O-])c2c(I)c(I)c(I)c(I)c21.Oc1cc(Cl)c(Cl)c(Cl)c1Cl.[Li+]. The molecule has 0 aromatic heterocycles. The van der Waals surface area contributed by atoms with Crippen molar-refractivity contribution >= 4 is 153 Å². The van der Waals surface area contributed by atoms with Gasteiger partial charge in [0.15, 0.2) is 0 Å². The Morgan fingerprint density at radius 3 is 1.93 bits per heavy atom. The van der Waals surface area contributed by atoms with Gasteiger partial charge in [0, 0.05) is 25.9 Å². The second kappa shape index (κ2) is 11.8. The van der Waals surface area contributed by atoms with E-state index in [1.54, 1.807) is 0 Å². The maximum Gasteiger partial charge on any atom is 1.00 e. The van der Waals surface area contributed by atoms with E-state index < -0.39 is 21.5 Å². The molecule has 1 aliphatic rings. The number of hydrogen-bond acceptors (Lipinski definition) is 6. The van der Waals surface area contributed by atoms with Crippen LogP contribution in [-0.2, 0) is 14.9 Å². The number of esters is 1. The molecule has 1 aliphatic heterocycles. The molecular weight excluding hydrogens is 953 g/mol. The Kier molecular flexibility index (Phi) is 12.0. The molecule has 0 fully saturated rings. The van der Waals surface area contributed by atoms with Crippen LogP contribution in [0.1, 0.15) is 21.4 Å². The Morgan fingerprint density at radius 1 is 0.933 bits per heavy atom. The molecule has 0 amide bonds. The number of cyclic esters (lactones) is 1. The van der Waals surface area contributed by atoms with Gasteiger partial charge >= 0.3 is 24.8 Å². The third kappa shape index (κ3) is 6.29. The van der Waals surface area contributed by atoms with Crippen molar-refractivity contribution in [3.05, 3.63) is 51.6 Å². The Hall–Kier alpha value is 2.30. The van der Waals surface area contributed by atoms with Gasteiger partial charge in [-0.1, -0.05) is 46.4 Å². The summed E-state index contributed by atoms with van der Waals surface area (Å²) in [6.07, 6.45) is 0. The summed E-state index contributed by atoms with van der Waals surface area (Å²) < 4.78 is 41.0. The minimum absolute atomic E-state index is 0. The molecule has 3 rings (SSSR count). The Labute approximate surface area is 257 Å². The van der Waals surface area contributed by atoms with Crippen molar-refractivity contribution in [3.8, 4) is 5.75 Å². The fourth-order valence-corrected chi connectivity index (χ4v) is 7.51. The predicted molar refractivity (Wildman–Crippen MR) is 143 cm³/mol. The van der Waals surface area contributed by atoms with E-state index in [-0.39, 0.29) is 55.8 Å². The molecule has 6 nitrogen and oxygen atoms in total. The molecule has 158 valence electrons. The molecule has 0 saturated carbocycles. The number of hydrogen-bond donors (Lipinski definition) is 1. The third-order valence-electron chi connectivity index (χ3n) is 3.30. The van der Waals surface area contributed by atoms with Crippen molar-refractivity contribution in [1.29, 1.82) is 0 Å². The zero-order valence-electron chi connectivity index (χ0n) is 14.1. The van der Waals surface area contributed by atoms with Gasteiger partial charge in [-0.25, -0.2) is 13.2 Å². The summed E-state index contributed by atoms with van der Waals surface area (Å²) in [6, 6.07) is 1.23. The molecule has 0 saturated heterocycles. The number of rotatable bonds is 1. The topological polar surface area (TPSA) is 104 Å². The number of benzene rings is 2. The monoisotopic (exact) mass is 953 g/mol. The van der Waals surface area contributed by atoms with Gasteiger partial charge in [0.05, 0.1) is 20.6 Å². The van der Waals surface area contributed by atoms with Crippen LogP contribution in [0.3, 0.4) is 0 Å². The van der Waals surface area contributed by atoms with Crippen LogP contribution in [-0.4, -0.2) is 24.0 Å². The number of phenolic OH excluding ortho intramolecular Hbond substituents is 1. The van der Waals surface area contributed by atoms with Crippen LogP contribution in [0.2, 0.25) is 20.1 Å². The van der Waals surface area contributed by atoms with Crippen molar-refractivity contribution in [2.75, 3.05) is 0 Å². The minimum atomic E-state index is -4.72. The number of carbonyl (C=O) groups excluding carboxylic acids is 1. The quantitative estimate of drug-likeness (QED) is 0.117. The molecule has 30 heavy (non-hydrogen) atoms. The largest absolute Gasteiger partial charge is 1.00 e. The zero-order chi connectivity index (χ0) is 22.4. The third-order valence-corrected chi connectivity index (χ3v) is 13.4. The number of ether oxygens (including phenoxy) is 1. The number of phenols is 1. The van der Waals surface area contributed by atoms with Gasteiger partial charge in [0.1, 0.15) is 20.9 Å². The van der Waals surface area contributed by atoms with Crippen LogP contribution in [0.5, 0.6) is 5.75 Å². The van der Waals surface area contributed by atoms with Crippen LogP contribution in [0.25, 0.3) is 0 Å². The molecule has 1 atom stereocenters. The molecule has 1 heterocycles. The van der Waals surface area contributed by atoms with Crippen LogP contribution in [0.15, 0.2) is 6.07 Å². The normalized spacial score (nSPS) is 15.0. The van der Waals surface area contributed by atoms with Gasteiger partial charge in [-0.15, -0.1) is 0 Å². The number of aromatic hydroxyl groups is 1. The first kappa shape index (κ1) is 30.3. The van der Waals surface area contributed by atoms with Crippen molar-refractivity contribution in [1.82, 2.24) is 0 Å². The Morgan fingerprint density at radius 2 is 1.43 bits per heavy atom. The maximum atomic E-state index is 11.7. The summed E-state index contributed by atoms with van der Waals surface area (Å²) in [5.41, 5.74) is -1.37. The van der Waals surface area contributed by atoms with Crippen LogP contribution in [0, 0.1) is 14.3 Å². The first-order valence-corrected chi connectivity index (χ1v) is 14.0. The molecule has 0 aliphatic carbocycles. The van der Waals surface area contributed by atoms with Crippen LogP contribution in [0.4, 0.5) is 0 Å². The van der Waals surface area contributed by atoms with Gasteiger partial charge in [0.2, 0.25) is 5.44 Å². The van der Waals surface area contributed by atoms with Gasteiger partial charge in [-0.2, -0.15) is 0 Å². The average Bonchev–Trinajstić information content (AvgIpc) is 2.99. The van der Waals surface area contributed by atoms with E-state index in [9.17, 15) is 17.8 Å². The predicted octanol–water partition coefficient (Wildman–Crippen LogP) is 3.83. The maximum absolute atomic E-state index is 11.7. The Balaban J connectivity index is 0.000000324. The molecule has 1 unspecified atom stereocenters. The molecule has 16 heteroatoms. The molecule has 0 bridgehead atoms. The van der Waals surface area contributed by atoms with Gasteiger partial charge in [-0.3, -0.25) is 0 Å². The molecule has 2 aromatic carbocycles. The fourth-order valence-electron chi connectivity index (χ4n) is 2.05. The van der Waals surface area contributed by atoms with E-state index in [0.29, 0.717) is 7.14 Å². The summed E-state index contributed by atoms with van der Waals surface area (Å²) in [7, 11) is -4.72. The van der Waals surface area contributed by atoms with E-state index >= 15 is 0 Å². The van der Waals surface area contributed by atoms with E-state index in [4.69, 9.17) is 56.2 Å². The molecule has 0 radical (unpaired) electrons. The van der Waals surface area contributed by atoms with E-state index in [0.717, 1.165) is 7.14 Å². The van der Waals surface area contributed by atoms with Crippen LogP contribution >= 0.6 is 137 Å². The molecule has 1 N–H and O–H groups in total. The van der Waals surface area contributed by atoms with E-state index in [1.807, 2.05) is 67.8 Å². The first-order chi connectivity index (χ1) is 13.2. The average molecular weight is 956 g/mol. The Bertz CT molecular complexity index is 1120. The van der Waals surface area contributed by atoms with Crippen molar-refractivity contribution in [3.63, 3.8) is 0 Å². The zero-order valence-corrected chi connectivity index (χ0v) is 26.5. The van der Waals surface area contributed by atoms with Crippen molar-refractivity contribution < 1.29 is 46.5 Å². The van der Waals surface area contributed by atoms with Gasteiger partial charge in [-0.05, 0) is 90.4 Å². The molecule has 0 spiro atoms. The van der Waals surface area contributed by atoms with Crippen molar-refractivity contribution in [2.24, 2.45) is 0 Å². The summed E-state index contributed by atoms with van der Waals surface area (Å²) in [4.78, 5) is 11.7. The molecule has 2 aromatic rings. The number of halogens is 8. The summed E-state index contributed by atoms with van der Waals surface area (Å²) in [6.45, 7) is 0. The fraction of sp³-hybridized carbons (Fsp3) is 0.0714. The summed E-state index contributed by atoms with van der Waals surface area (Å²) >= 11 is 30.3. The van der Waals surface area contributed by atoms with Crippen LogP contribution < -0.4 is 18.9 Å². The summed E-state index contributed by atoms with van der Waals surface area (Å²) in [5.74, 6) is -0.933. The summed E-state index contributed by atoms with van der Waals surface area (Å²) in [5, 5.41) is 9.46. The second-order valence-electron chi connectivity index (χ2n) is 5.09. The smallest absolute Gasteiger partial charge is 0.745 e. The standard InChI is InChI=1S/C8H2I4O5S.C6H2Cl4O.Li/c9-3-1-2(4(10)6(12)5(3)11)8(17-7(1)13)18(14,15)16;7-2-1-3(11)5(9)6(10)4(2)8;/h8H,(H,14,15,16);1,11H;/q;;+1/p-1. The minimum Gasteiger partial charge on any atom is -0.745 e. The number of carbonyl (C=O) groups is 1. The molecular formula is C14H3Cl4I4LiO6S. The van der Waals surface area contributed by atoms with E-state index in [2.05, 4.69) is 22.6 Å². The number of fused-ring (bicyclic) bond motifs is 1. The van der Waals surface area contributed by atoms with Gasteiger partial charge in [0.25, 0.3) is 0 Å². The van der Waals surface area contributed by atoms with Gasteiger partial charge < -0.3 is 14.4 Å². The van der Waals surface area contributed by atoms with Crippen molar-refractivity contribution in [2.45, 2.75) is 5.44 Å². The first-order valence-electron chi connectivity index (χ1n) is 6.73. The van der Waals surface area contributed by atoms with E-state index in [1.165, 1.54) is 6.07 Å².